The lowest BCUT2D eigenvalue weighted by molar-refractivity contribution is -0.123. The van der Waals surface area contributed by atoms with Crippen LogP contribution in [0.2, 0.25) is 0 Å². The molecule has 1 saturated heterocycles. The minimum Gasteiger partial charge on any atom is -0.347 e. The van der Waals surface area contributed by atoms with Crippen molar-refractivity contribution in [2.75, 3.05) is 12.3 Å². The van der Waals surface area contributed by atoms with Gasteiger partial charge in [0.2, 0.25) is 5.91 Å². The van der Waals surface area contributed by atoms with Crippen molar-refractivity contribution < 1.29 is 13.2 Å². The Morgan fingerprint density at radius 1 is 1.50 bits per heavy atom. The van der Waals surface area contributed by atoms with Crippen LogP contribution >= 0.6 is 0 Å². The Balaban J connectivity index is 1.91. The number of hydrogen-bond acceptors (Lipinski definition) is 4. The molecule has 2 aliphatic rings. The number of carbonyl (C=O) groups excluding carboxylic acids is 1. The fraction of sp³-hybridized carbons (Fsp3) is 0.700. The molecule has 5 nitrogen and oxygen atoms in total. The van der Waals surface area contributed by atoms with Crippen molar-refractivity contribution in [2.24, 2.45) is 5.92 Å². The summed E-state index contributed by atoms with van der Waals surface area (Å²) in [6, 6.07) is -0.552. The van der Waals surface area contributed by atoms with Crippen molar-refractivity contribution in [3.05, 3.63) is 11.5 Å². The summed E-state index contributed by atoms with van der Waals surface area (Å²) in [6.07, 6.45) is 2.52. The molecule has 0 saturated carbocycles. The van der Waals surface area contributed by atoms with Gasteiger partial charge in [0.05, 0.1) is 17.8 Å². The summed E-state index contributed by atoms with van der Waals surface area (Å²) >= 11 is 0. The van der Waals surface area contributed by atoms with Crippen molar-refractivity contribution in [1.29, 1.82) is 0 Å². The second kappa shape index (κ2) is 4.18. The number of rotatable bonds is 2. The molecule has 3 unspecified atom stereocenters. The summed E-state index contributed by atoms with van der Waals surface area (Å²) in [4.78, 5) is 11.8. The predicted octanol–water partition coefficient (Wildman–Crippen LogP) is -0.589. The van der Waals surface area contributed by atoms with Crippen LogP contribution < -0.4 is 10.6 Å². The highest BCUT2D eigenvalue weighted by Gasteiger charge is 2.31. The van der Waals surface area contributed by atoms with Gasteiger partial charge in [0, 0.05) is 5.41 Å². The average molecular weight is 244 g/mol. The van der Waals surface area contributed by atoms with Gasteiger partial charge in [0.15, 0.2) is 9.84 Å². The maximum Gasteiger partial charge on any atom is 0.237 e. The molecule has 0 aromatic carbocycles. The lowest BCUT2D eigenvalue weighted by Crippen LogP contribution is -2.47. The molecule has 0 aromatic rings. The molecule has 0 bridgehead atoms. The summed E-state index contributed by atoms with van der Waals surface area (Å²) < 4.78 is 22.3. The maximum absolute atomic E-state index is 11.8. The smallest absolute Gasteiger partial charge is 0.237 e. The SMILES string of the molecule is CC1CCNC1C(=O)NC1C=CS(=O)(=O)C1. The third-order valence-electron chi connectivity index (χ3n) is 3.07. The summed E-state index contributed by atoms with van der Waals surface area (Å²) in [5.74, 6) is 0.193. The summed E-state index contributed by atoms with van der Waals surface area (Å²) in [7, 11) is -3.09. The fourth-order valence-corrected chi connectivity index (χ4v) is 3.36. The van der Waals surface area contributed by atoms with Crippen molar-refractivity contribution in [2.45, 2.75) is 25.4 Å². The van der Waals surface area contributed by atoms with Crippen molar-refractivity contribution >= 4 is 15.7 Å². The van der Waals surface area contributed by atoms with Crippen LogP contribution in [0.4, 0.5) is 0 Å². The standard InChI is InChI=1S/C10H16N2O3S/c1-7-2-4-11-9(7)10(13)12-8-3-5-16(14,15)6-8/h3,5,7-9,11H,2,4,6H2,1H3,(H,12,13). The monoisotopic (exact) mass is 244 g/mol. The molecule has 16 heavy (non-hydrogen) atoms. The van der Waals surface area contributed by atoms with Crippen LogP contribution in [0.1, 0.15) is 13.3 Å². The number of nitrogens with one attached hydrogen (secondary N) is 2. The molecule has 2 rings (SSSR count). The van der Waals surface area contributed by atoms with Gasteiger partial charge in [-0.3, -0.25) is 4.79 Å². The van der Waals surface area contributed by atoms with E-state index in [9.17, 15) is 13.2 Å². The highest BCUT2D eigenvalue weighted by molar-refractivity contribution is 7.94. The number of carbonyl (C=O) groups is 1. The molecule has 3 atom stereocenters. The molecule has 2 N–H and O–H groups in total. The Hall–Kier alpha value is -0.880. The first-order chi connectivity index (χ1) is 7.48. The van der Waals surface area contributed by atoms with E-state index >= 15 is 0 Å². The van der Waals surface area contributed by atoms with E-state index in [1.54, 1.807) is 0 Å². The van der Waals surface area contributed by atoms with Gasteiger partial charge >= 0.3 is 0 Å². The molecule has 1 fully saturated rings. The zero-order valence-electron chi connectivity index (χ0n) is 9.14. The molecule has 0 aromatic heterocycles. The van der Waals surface area contributed by atoms with Gasteiger partial charge in [-0.05, 0) is 25.0 Å². The van der Waals surface area contributed by atoms with E-state index in [-0.39, 0.29) is 23.7 Å². The zero-order valence-corrected chi connectivity index (χ0v) is 9.96. The Labute approximate surface area is 95.2 Å². The van der Waals surface area contributed by atoms with Crippen molar-refractivity contribution in [1.82, 2.24) is 10.6 Å². The molecule has 90 valence electrons. The van der Waals surface area contributed by atoms with Gasteiger partial charge in [-0.2, -0.15) is 0 Å². The quantitative estimate of drug-likeness (QED) is 0.681. The minimum absolute atomic E-state index is 0.0140. The molecule has 0 radical (unpaired) electrons. The lowest BCUT2D eigenvalue weighted by Gasteiger charge is -2.17. The van der Waals surface area contributed by atoms with Crippen molar-refractivity contribution in [3.63, 3.8) is 0 Å². The van der Waals surface area contributed by atoms with Crippen LogP contribution in [-0.4, -0.2) is 38.7 Å². The second-order valence-corrected chi connectivity index (χ2v) is 6.40. The summed E-state index contributed by atoms with van der Waals surface area (Å²) in [6.45, 7) is 2.86. The molecule has 2 heterocycles. The van der Waals surface area contributed by atoms with Gasteiger partial charge in [0.1, 0.15) is 0 Å². The van der Waals surface area contributed by atoms with E-state index in [2.05, 4.69) is 10.6 Å². The molecule has 1 amide bonds. The lowest BCUT2D eigenvalue weighted by atomic mass is 10.0. The fourth-order valence-electron chi connectivity index (χ4n) is 2.12. The first-order valence-corrected chi connectivity index (χ1v) is 7.14. The molecular weight excluding hydrogens is 228 g/mol. The molecule has 0 spiro atoms. The summed E-state index contributed by atoms with van der Waals surface area (Å²) in [5, 5.41) is 7.02. The van der Waals surface area contributed by atoms with Crippen LogP contribution in [-0.2, 0) is 14.6 Å². The maximum atomic E-state index is 11.8. The van der Waals surface area contributed by atoms with Crippen LogP contribution in [0.5, 0.6) is 0 Å². The van der Waals surface area contributed by atoms with E-state index in [0.717, 1.165) is 13.0 Å². The molecule has 2 aliphatic heterocycles. The first kappa shape index (κ1) is 11.6. The Morgan fingerprint density at radius 3 is 2.75 bits per heavy atom. The van der Waals surface area contributed by atoms with Crippen LogP contribution in [0, 0.1) is 5.92 Å². The van der Waals surface area contributed by atoms with Crippen LogP contribution in [0.3, 0.4) is 0 Å². The van der Waals surface area contributed by atoms with Crippen LogP contribution in [0.15, 0.2) is 11.5 Å². The topological polar surface area (TPSA) is 75.3 Å². The third kappa shape index (κ3) is 2.44. The van der Waals surface area contributed by atoms with Crippen LogP contribution in [0.25, 0.3) is 0 Å². The first-order valence-electron chi connectivity index (χ1n) is 5.43. The number of amides is 1. The van der Waals surface area contributed by atoms with E-state index < -0.39 is 9.84 Å². The Morgan fingerprint density at radius 2 is 2.25 bits per heavy atom. The minimum atomic E-state index is -3.09. The van der Waals surface area contributed by atoms with Gasteiger partial charge in [-0.15, -0.1) is 0 Å². The molecule has 0 aliphatic carbocycles. The Kier molecular flexibility index (Phi) is 3.03. The van der Waals surface area contributed by atoms with Gasteiger partial charge in [0.25, 0.3) is 0 Å². The largest absolute Gasteiger partial charge is 0.347 e. The summed E-state index contributed by atoms with van der Waals surface area (Å²) in [5.41, 5.74) is 0. The second-order valence-electron chi connectivity index (χ2n) is 4.47. The third-order valence-corrected chi connectivity index (χ3v) is 4.47. The number of sulfone groups is 1. The normalized spacial score (nSPS) is 36.4. The van der Waals surface area contributed by atoms with E-state index in [1.165, 1.54) is 11.5 Å². The highest BCUT2D eigenvalue weighted by atomic mass is 32.2. The molecular formula is C10H16N2O3S. The van der Waals surface area contributed by atoms with E-state index in [1.807, 2.05) is 6.92 Å². The van der Waals surface area contributed by atoms with E-state index in [0.29, 0.717) is 5.92 Å². The Bertz CT molecular complexity index is 416. The number of hydrogen-bond donors (Lipinski definition) is 2. The highest BCUT2D eigenvalue weighted by Crippen LogP contribution is 2.15. The van der Waals surface area contributed by atoms with E-state index in [4.69, 9.17) is 0 Å². The van der Waals surface area contributed by atoms with Crippen molar-refractivity contribution in [3.8, 4) is 0 Å². The van der Waals surface area contributed by atoms with Gasteiger partial charge in [-0.1, -0.05) is 6.92 Å². The van der Waals surface area contributed by atoms with Gasteiger partial charge < -0.3 is 10.6 Å². The zero-order chi connectivity index (χ0) is 11.8. The molecule has 6 heteroatoms. The van der Waals surface area contributed by atoms with Gasteiger partial charge in [-0.25, -0.2) is 8.42 Å². The average Bonchev–Trinajstić information content (AvgIpc) is 2.72. The predicted molar refractivity (Wildman–Crippen MR) is 60.4 cm³/mol.